The number of hydrogen-bond donors (Lipinski definition) is 0. The van der Waals surface area contributed by atoms with Crippen molar-refractivity contribution in [3.05, 3.63) is 11.8 Å². The maximum absolute atomic E-state index is 11.1. The molecule has 86 valence electrons. The van der Waals surface area contributed by atoms with Crippen molar-refractivity contribution in [2.75, 3.05) is 0 Å². The predicted molar refractivity (Wildman–Crippen MR) is 55.4 cm³/mol. The molecule has 1 saturated carbocycles. The topological polar surface area (TPSA) is 59.2 Å². The SMILES string of the molecule is Cc1nnc(C23C[C@@H](C)C[C@H](C2)N3C=O)o1. The Morgan fingerprint density at radius 2 is 2.31 bits per heavy atom. The van der Waals surface area contributed by atoms with E-state index in [0.717, 1.165) is 25.7 Å². The molecule has 0 spiro atoms. The Balaban J connectivity index is 1.99. The first-order valence-corrected chi connectivity index (χ1v) is 5.70. The summed E-state index contributed by atoms with van der Waals surface area (Å²) in [7, 11) is 0. The van der Waals surface area contributed by atoms with Gasteiger partial charge in [0.15, 0.2) is 0 Å². The molecule has 5 heteroatoms. The second-order valence-electron chi connectivity index (χ2n) is 5.07. The zero-order valence-electron chi connectivity index (χ0n) is 9.51. The molecule has 1 aromatic heterocycles. The molecule has 1 aliphatic carbocycles. The van der Waals surface area contributed by atoms with E-state index < -0.39 is 0 Å². The van der Waals surface area contributed by atoms with E-state index >= 15 is 0 Å². The quantitative estimate of drug-likeness (QED) is 0.705. The number of aryl methyl sites for hydroxylation is 1. The molecule has 0 radical (unpaired) electrons. The number of fused-ring (bicyclic) bond motifs is 2. The third kappa shape index (κ3) is 1.08. The van der Waals surface area contributed by atoms with E-state index in [2.05, 4.69) is 17.1 Å². The van der Waals surface area contributed by atoms with Crippen LogP contribution < -0.4 is 0 Å². The van der Waals surface area contributed by atoms with Crippen LogP contribution in [0.4, 0.5) is 0 Å². The summed E-state index contributed by atoms with van der Waals surface area (Å²) in [6.07, 6.45) is 3.93. The maximum atomic E-state index is 11.1. The molecule has 2 saturated heterocycles. The van der Waals surface area contributed by atoms with Gasteiger partial charge in [-0.1, -0.05) is 6.92 Å². The summed E-state index contributed by atoms with van der Waals surface area (Å²) in [4.78, 5) is 13.0. The Morgan fingerprint density at radius 3 is 2.94 bits per heavy atom. The van der Waals surface area contributed by atoms with E-state index in [4.69, 9.17) is 4.42 Å². The van der Waals surface area contributed by atoms with Crippen LogP contribution in [-0.2, 0) is 10.3 Å². The number of carbonyl (C=O) groups excluding carboxylic acids is 1. The van der Waals surface area contributed by atoms with Crippen molar-refractivity contribution in [1.82, 2.24) is 15.1 Å². The van der Waals surface area contributed by atoms with Gasteiger partial charge in [0.2, 0.25) is 18.2 Å². The summed E-state index contributed by atoms with van der Waals surface area (Å²) < 4.78 is 5.52. The van der Waals surface area contributed by atoms with Gasteiger partial charge in [-0.25, -0.2) is 0 Å². The lowest BCUT2D eigenvalue weighted by atomic mass is 9.64. The molecule has 16 heavy (non-hydrogen) atoms. The van der Waals surface area contributed by atoms with Crippen LogP contribution in [0.25, 0.3) is 0 Å². The molecule has 3 heterocycles. The third-order valence-electron chi connectivity index (χ3n) is 3.86. The van der Waals surface area contributed by atoms with Crippen LogP contribution in [0.15, 0.2) is 4.42 Å². The molecular formula is C11H15N3O2. The van der Waals surface area contributed by atoms with Crippen molar-refractivity contribution in [2.45, 2.75) is 44.7 Å². The molecule has 1 unspecified atom stereocenters. The van der Waals surface area contributed by atoms with Gasteiger partial charge in [0.25, 0.3) is 0 Å². The summed E-state index contributed by atoms with van der Waals surface area (Å²) in [6.45, 7) is 3.99. The number of carbonyl (C=O) groups is 1. The number of nitrogens with zero attached hydrogens (tertiary/aromatic N) is 3. The minimum atomic E-state index is -0.300. The summed E-state index contributed by atoms with van der Waals surface area (Å²) in [5.41, 5.74) is -0.300. The minimum absolute atomic E-state index is 0.300. The summed E-state index contributed by atoms with van der Waals surface area (Å²) in [6, 6.07) is 0.369. The minimum Gasteiger partial charge on any atom is -0.423 e. The number of hydrogen-bond acceptors (Lipinski definition) is 4. The summed E-state index contributed by atoms with van der Waals surface area (Å²) in [5, 5.41) is 7.96. The summed E-state index contributed by atoms with van der Waals surface area (Å²) in [5.74, 6) is 1.79. The monoisotopic (exact) mass is 221 g/mol. The zero-order chi connectivity index (χ0) is 11.3. The highest BCUT2D eigenvalue weighted by Crippen LogP contribution is 2.54. The van der Waals surface area contributed by atoms with E-state index in [1.54, 1.807) is 6.92 Å². The van der Waals surface area contributed by atoms with Crippen molar-refractivity contribution >= 4 is 6.41 Å². The Labute approximate surface area is 93.8 Å². The van der Waals surface area contributed by atoms with Gasteiger partial charge in [-0.15, -0.1) is 10.2 Å². The van der Waals surface area contributed by atoms with Gasteiger partial charge in [-0.3, -0.25) is 4.79 Å². The highest BCUT2D eigenvalue weighted by Gasteiger charge is 2.59. The normalized spacial score (nSPS) is 37.0. The van der Waals surface area contributed by atoms with E-state index in [1.807, 2.05) is 4.90 Å². The largest absolute Gasteiger partial charge is 0.423 e. The van der Waals surface area contributed by atoms with Crippen molar-refractivity contribution in [3.63, 3.8) is 0 Å². The lowest BCUT2D eigenvalue weighted by Gasteiger charge is -2.60. The van der Waals surface area contributed by atoms with Crippen molar-refractivity contribution in [1.29, 1.82) is 0 Å². The van der Waals surface area contributed by atoms with E-state index in [0.29, 0.717) is 23.7 Å². The van der Waals surface area contributed by atoms with Crippen LogP contribution in [0, 0.1) is 12.8 Å². The molecule has 4 rings (SSSR count). The van der Waals surface area contributed by atoms with Gasteiger partial charge in [0, 0.05) is 19.4 Å². The molecule has 0 N–H and O–H groups in total. The lowest BCUT2D eigenvalue weighted by Crippen LogP contribution is -2.67. The van der Waals surface area contributed by atoms with E-state index in [9.17, 15) is 4.79 Å². The molecule has 3 aliphatic rings. The molecule has 2 bridgehead atoms. The third-order valence-corrected chi connectivity index (χ3v) is 3.86. The van der Waals surface area contributed by atoms with Gasteiger partial charge in [0.1, 0.15) is 5.54 Å². The predicted octanol–water partition coefficient (Wildman–Crippen LogP) is 1.23. The molecule has 3 fully saturated rings. The molecule has 1 amide bonds. The average Bonchev–Trinajstić information content (AvgIpc) is 2.64. The molecule has 5 nitrogen and oxygen atoms in total. The first kappa shape index (κ1) is 9.81. The molecular weight excluding hydrogens is 206 g/mol. The first-order valence-electron chi connectivity index (χ1n) is 5.70. The molecule has 2 aliphatic heterocycles. The van der Waals surface area contributed by atoms with Gasteiger partial charge < -0.3 is 9.32 Å². The average molecular weight is 221 g/mol. The lowest BCUT2D eigenvalue weighted by molar-refractivity contribution is -0.165. The number of aromatic nitrogens is 2. The fraction of sp³-hybridized carbons (Fsp3) is 0.727. The van der Waals surface area contributed by atoms with Gasteiger partial charge in [-0.05, 0) is 18.8 Å². The number of amides is 1. The first-order chi connectivity index (χ1) is 7.65. The van der Waals surface area contributed by atoms with Crippen molar-refractivity contribution in [3.8, 4) is 0 Å². The maximum Gasteiger partial charge on any atom is 0.242 e. The van der Waals surface area contributed by atoms with Crippen LogP contribution in [0.1, 0.15) is 38.0 Å². The highest BCUT2D eigenvalue weighted by molar-refractivity contribution is 5.53. The fourth-order valence-electron chi connectivity index (χ4n) is 3.30. The zero-order valence-corrected chi connectivity index (χ0v) is 9.51. The van der Waals surface area contributed by atoms with Gasteiger partial charge in [-0.2, -0.15) is 0 Å². The second kappa shape index (κ2) is 3.06. The van der Waals surface area contributed by atoms with Crippen LogP contribution in [0.5, 0.6) is 0 Å². The van der Waals surface area contributed by atoms with Crippen molar-refractivity contribution < 1.29 is 9.21 Å². The molecule has 0 aromatic carbocycles. The Bertz CT molecular complexity index is 431. The standard InChI is InChI=1S/C11H15N3O2/c1-7-3-9-5-11(4-7,14(9)6-15)10-13-12-8(2)16-10/h6-7,9H,3-5H2,1-2H3/t7-,9+,11?/m0/s1. The number of piperidine rings is 1. The molecule has 3 atom stereocenters. The second-order valence-corrected chi connectivity index (χ2v) is 5.07. The Hall–Kier alpha value is -1.39. The highest BCUT2D eigenvalue weighted by atomic mass is 16.4. The van der Waals surface area contributed by atoms with E-state index in [-0.39, 0.29) is 5.54 Å². The van der Waals surface area contributed by atoms with Crippen LogP contribution >= 0.6 is 0 Å². The van der Waals surface area contributed by atoms with Crippen LogP contribution in [0.2, 0.25) is 0 Å². The van der Waals surface area contributed by atoms with Gasteiger partial charge >= 0.3 is 0 Å². The van der Waals surface area contributed by atoms with E-state index in [1.165, 1.54) is 0 Å². The Kier molecular flexibility index (Phi) is 1.87. The van der Waals surface area contributed by atoms with Gasteiger partial charge in [0.05, 0.1) is 0 Å². The number of rotatable bonds is 2. The fourth-order valence-corrected chi connectivity index (χ4v) is 3.30. The summed E-state index contributed by atoms with van der Waals surface area (Å²) >= 11 is 0. The smallest absolute Gasteiger partial charge is 0.242 e. The Morgan fingerprint density at radius 1 is 1.50 bits per heavy atom. The van der Waals surface area contributed by atoms with Crippen LogP contribution in [-0.4, -0.2) is 27.5 Å². The molecule has 1 aromatic rings. The van der Waals surface area contributed by atoms with Crippen molar-refractivity contribution in [2.24, 2.45) is 5.92 Å². The van der Waals surface area contributed by atoms with Crippen LogP contribution in [0.3, 0.4) is 0 Å².